The van der Waals surface area contributed by atoms with E-state index in [1.807, 2.05) is 30.3 Å². The van der Waals surface area contributed by atoms with Gasteiger partial charge in [0, 0.05) is 33.9 Å². The third-order valence-corrected chi connectivity index (χ3v) is 7.62. The van der Waals surface area contributed by atoms with Gasteiger partial charge in [-0.3, -0.25) is 4.79 Å². The lowest BCUT2D eigenvalue weighted by Gasteiger charge is -2.47. The van der Waals surface area contributed by atoms with Gasteiger partial charge in [-0.25, -0.2) is 4.99 Å². The van der Waals surface area contributed by atoms with Gasteiger partial charge in [0.1, 0.15) is 5.75 Å². The smallest absolute Gasteiger partial charge is 0.264 e. The average molecular weight is 529 g/mol. The molecule has 1 fully saturated rings. The first-order chi connectivity index (χ1) is 15.7. The van der Waals surface area contributed by atoms with Crippen LogP contribution in [0.4, 0.5) is 11.4 Å². The van der Waals surface area contributed by atoms with Crippen molar-refractivity contribution in [1.82, 2.24) is 5.32 Å². The van der Waals surface area contributed by atoms with E-state index >= 15 is 0 Å². The van der Waals surface area contributed by atoms with Gasteiger partial charge in [0.15, 0.2) is 5.17 Å². The standard InChI is InChI=1S/C26H30BrN3O2S/c1-6-11-30-21-14-22(32-5)17(12-20(21)16(2)15-26(30,3)4)13-23-24(31)29-25(33-23)28-19-9-7-18(27)8-10-19/h7-10,12-14,16H,6,11,15H2,1-5H3,(H,28,29,31)/b23-13+. The Labute approximate surface area is 208 Å². The van der Waals surface area contributed by atoms with Gasteiger partial charge < -0.3 is 15.0 Å². The lowest BCUT2D eigenvalue weighted by molar-refractivity contribution is -0.115. The van der Waals surface area contributed by atoms with Crippen LogP contribution in [0.15, 0.2) is 50.8 Å². The number of benzene rings is 2. The molecule has 1 unspecified atom stereocenters. The van der Waals surface area contributed by atoms with Crippen molar-refractivity contribution in [3.63, 3.8) is 0 Å². The zero-order chi connectivity index (χ0) is 23.8. The summed E-state index contributed by atoms with van der Waals surface area (Å²) in [5, 5.41) is 3.45. The zero-order valence-corrected chi connectivity index (χ0v) is 22.1. The maximum Gasteiger partial charge on any atom is 0.264 e. The Balaban J connectivity index is 1.69. The topological polar surface area (TPSA) is 53.9 Å². The minimum absolute atomic E-state index is 0.0903. The van der Waals surface area contributed by atoms with Crippen LogP contribution in [0.25, 0.3) is 6.08 Å². The van der Waals surface area contributed by atoms with Gasteiger partial charge in [0.05, 0.1) is 17.7 Å². The van der Waals surface area contributed by atoms with Gasteiger partial charge in [-0.2, -0.15) is 0 Å². The lowest BCUT2D eigenvalue weighted by atomic mass is 9.79. The number of carbonyl (C=O) groups is 1. The van der Waals surface area contributed by atoms with E-state index in [1.54, 1.807) is 7.11 Å². The van der Waals surface area contributed by atoms with Crippen LogP contribution in [0.1, 0.15) is 57.6 Å². The highest BCUT2D eigenvalue weighted by molar-refractivity contribution is 9.10. The van der Waals surface area contributed by atoms with E-state index in [0.717, 1.165) is 40.9 Å². The molecule has 1 atom stereocenters. The zero-order valence-electron chi connectivity index (χ0n) is 19.7. The summed E-state index contributed by atoms with van der Waals surface area (Å²) >= 11 is 4.78. The number of carbonyl (C=O) groups excluding carboxylic acids is 1. The van der Waals surface area contributed by atoms with Gasteiger partial charge in [0.25, 0.3) is 5.91 Å². The van der Waals surface area contributed by atoms with Crippen LogP contribution < -0.4 is 15.0 Å². The molecule has 0 aromatic heterocycles. The summed E-state index contributed by atoms with van der Waals surface area (Å²) in [6.07, 6.45) is 4.09. The molecule has 2 aromatic rings. The highest BCUT2D eigenvalue weighted by atomic mass is 79.9. The van der Waals surface area contributed by atoms with Crippen LogP contribution in [0.3, 0.4) is 0 Å². The Kier molecular flexibility index (Phi) is 6.91. The second-order valence-electron chi connectivity index (χ2n) is 9.18. The molecule has 2 aromatic carbocycles. The molecule has 2 aliphatic rings. The van der Waals surface area contributed by atoms with Crippen LogP contribution in [-0.2, 0) is 4.79 Å². The van der Waals surface area contributed by atoms with Crippen molar-refractivity contribution in [1.29, 1.82) is 0 Å². The fourth-order valence-electron chi connectivity index (χ4n) is 4.72. The highest BCUT2D eigenvalue weighted by Gasteiger charge is 2.36. The second-order valence-corrected chi connectivity index (χ2v) is 11.1. The summed E-state index contributed by atoms with van der Waals surface area (Å²) in [4.78, 5) is 20.3. The maximum absolute atomic E-state index is 12.7. The highest BCUT2D eigenvalue weighted by Crippen LogP contribution is 2.46. The number of nitrogens with zero attached hydrogens (tertiary/aromatic N) is 2. The van der Waals surface area contributed by atoms with Crippen molar-refractivity contribution in [3.8, 4) is 5.75 Å². The molecule has 2 heterocycles. The number of fused-ring (bicyclic) bond motifs is 1. The van der Waals surface area contributed by atoms with Crippen molar-refractivity contribution in [2.24, 2.45) is 4.99 Å². The summed E-state index contributed by atoms with van der Waals surface area (Å²) in [6.45, 7) is 10.1. The molecule has 1 amide bonds. The number of rotatable bonds is 5. The van der Waals surface area contributed by atoms with Gasteiger partial charge in [0.2, 0.25) is 0 Å². The molecule has 0 bridgehead atoms. The first kappa shape index (κ1) is 23.9. The molecule has 4 rings (SSSR count). The van der Waals surface area contributed by atoms with Gasteiger partial charge in [-0.05, 0) is 86.3 Å². The van der Waals surface area contributed by atoms with Crippen LogP contribution in [0.2, 0.25) is 0 Å². The van der Waals surface area contributed by atoms with E-state index in [-0.39, 0.29) is 11.4 Å². The monoisotopic (exact) mass is 527 g/mol. The molecule has 174 valence electrons. The Morgan fingerprint density at radius 3 is 2.70 bits per heavy atom. The third kappa shape index (κ3) is 4.99. The number of anilines is 1. The van der Waals surface area contributed by atoms with Gasteiger partial charge in [-0.1, -0.05) is 29.8 Å². The summed E-state index contributed by atoms with van der Waals surface area (Å²) in [5.74, 6) is 1.06. The predicted octanol–water partition coefficient (Wildman–Crippen LogP) is 6.85. The van der Waals surface area contributed by atoms with Crippen LogP contribution in [-0.4, -0.2) is 30.3 Å². The van der Waals surface area contributed by atoms with E-state index < -0.39 is 0 Å². The van der Waals surface area contributed by atoms with Gasteiger partial charge in [-0.15, -0.1) is 0 Å². The average Bonchev–Trinajstić information content (AvgIpc) is 3.10. The van der Waals surface area contributed by atoms with Crippen LogP contribution >= 0.6 is 27.7 Å². The number of methoxy groups -OCH3 is 1. The molecule has 1 saturated heterocycles. The van der Waals surface area contributed by atoms with Crippen molar-refractivity contribution < 1.29 is 9.53 Å². The van der Waals surface area contributed by atoms with E-state index in [2.05, 4.69) is 71.0 Å². The second kappa shape index (κ2) is 9.55. The maximum atomic E-state index is 12.7. The summed E-state index contributed by atoms with van der Waals surface area (Å²) in [7, 11) is 1.69. The van der Waals surface area contributed by atoms with Crippen molar-refractivity contribution >= 4 is 56.2 Å². The van der Waals surface area contributed by atoms with Crippen LogP contribution in [0, 0.1) is 0 Å². The number of amidine groups is 1. The molecule has 0 spiro atoms. The number of hydrogen-bond donors (Lipinski definition) is 1. The number of thioether (sulfide) groups is 1. The first-order valence-electron chi connectivity index (χ1n) is 11.3. The van der Waals surface area contributed by atoms with Crippen LogP contribution in [0.5, 0.6) is 5.75 Å². The first-order valence-corrected chi connectivity index (χ1v) is 12.9. The minimum Gasteiger partial charge on any atom is -0.496 e. The van der Waals surface area contributed by atoms with Crippen molar-refractivity contribution in [2.75, 3.05) is 18.6 Å². The van der Waals surface area contributed by atoms with Gasteiger partial charge >= 0.3 is 0 Å². The number of aliphatic imine (C=N–C) groups is 1. The number of ether oxygens (including phenoxy) is 1. The molecular formula is C26H30BrN3O2S. The number of hydrogen-bond acceptors (Lipinski definition) is 5. The molecule has 2 aliphatic heterocycles. The number of nitrogens with one attached hydrogen (secondary N) is 1. The SMILES string of the molecule is CCCN1c2cc(OC)c(/C=C3/SC(=Nc4ccc(Br)cc4)NC3=O)cc2C(C)CC1(C)C. The minimum atomic E-state index is -0.141. The molecule has 0 aliphatic carbocycles. The molecule has 33 heavy (non-hydrogen) atoms. The lowest BCUT2D eigenvalue weighted by Crippen LogP contribution is -2.48. The molecule has 0 radical (unpaired) electrons. The normalized spacial score (nSPS) is 21.9. The Morgan fingerprint density at radius 1 is 1.30 bits per heavy atom. The fraction of sp³-hybridized carbons (Fsp3) is 0.385. The molecule has 0 saturated carbocycles. The van der Waals surface area contributed by atoms with E-state index in [9.17, 15) is 4.79 Å². The molecule has 5 nitrogen and oxygen atoms in total. The van der Waals surface area contributed by atoms with E-state index in [4.69, 9.17) is 4.74 Å². The summed E-state index contributed by atoms with van der Waals surface area (Å²) < 4.78 is 6.76. The fourth-order valence-corrected chi connectivity index (χ4v) is 5.82. The molecule has 1 N–H and O–H groups in total. The number of amides is 1. The van der Waals surface area contributed by atoms with E-state index in [1.165, 1.54) is 23.0 Å². The predicted molar refractivity (Wildman–Crippen MR) is 143 cm³/mol. The third-order valence-electron chi connectivity index (χ3n) is 6.18. The Hall–Kier alpha value is -2.25. The summed E-state index contributed by atoms with van der Waals surface area (Å²) in [5.41, 5.74) is 4.35. The van der Waals surface area contributed by atoms with Crippen molar-refractivity contribution in [2.45, 2.75) is 52.0 Å². The largest absolute Gasteiger partial charge is 0.496 e. The van der Waals surface area contributed by atoms with E-state index in [0.29, 0.717) is 16.0 Å². The summed E-state index contributed by atoms with van der Waals surface area (Å²) in [6, 6.07) is 12.0. The Bertz CT molecular complexity index is 1130. The quantitative estimate of drug-likeness (QED) is 0.431. The molecule has 7 heteroatoms. The number of halogens is 1. The Morgan fingerprint density at radius 2 is 2.03 bits per heavy atom. The molecular weight excluding hydrogens is 498 g/mol. The van der Waals surface area contributed by atoms with Crippen molar-refractivity contribution in [3.05, 3.63) is 56.9 Å².